The first-order valence-corrected chi connectivity index (χ1v) is 8.06. The first-order chi connectivity index (χ1) is 12.1. The molecule has 1 saturated carbocycles. The van der Waals surface area contributed by atoms with E-state index in [1.54, 1.807) is 7.11 Å². The van der Waals surface area contributed by atoms with Crippen LogP contribution in [0.3, 0.4) is 0 Å². The highest BCUT2D eigenvalue weighted by atomic mass is 16.5. The average molecular weight is 339 g/mol. The molecule has 3 rings (SSSR count). The van der Waals surface area contributed by atoms with E-state index in [0.717, 1.165) is 17.5 Å². The summed E-state index contributed by atoms with van der Waals surface area (Å²) >= 11 is 0. The Morgan fingerprint density at radius 3 is 2.60 bits per heavy atom. The van der Waals surface area contributed by atoms with Gasteiger partial charge in [-0.3, -0.25) is 4.79 Å². The second-order valence-corrected chi connectivity index (χ2v) is 6.01. The summed E-state index contributed by atoms with van der Waals surface area (Å²) < 4.78 is 11.3. The maximum absolute atomic E-state index is 11.9. The molecule has 2 aromatic carbocycles. The van der Waals surface area contributed by atoms with Crippen molar-refractivity contribution in [2.75, 3.05) is 7.11 Å². The number of nitrogens with two attached hydrogens (primary N) is 2. The molecule has 0 aliphatic heterocycles. The van der Waals surface area contributed by atoms with Gasteiger partial charge in [-0.15, -0.1) is 0 Å². The SMILES string of the molecule is COc1cc(C2CC2C(=O)N=C(N)N)ccc1OCc1ccccc1. The lowest BCUT2D eigenvalue weighted by molar-refractivity contribution is -0.119. The Kier molecular flexibility index (Phi) is 4.88. The number of carbonyl (C=O) groups is 1. The van der Waals surface area contributed by atoms with Crippen LogP contribution in [0.25, 0.3) is 0 Å². The van der Waals surface area contributed by atoms with E-state index >= 15 is 0 Å². The van der Waals surface area contributed by atoms with Gasteiger partial charge >= 0.3 is 0 Å². The number of hydrogen-bond donors (Lipinski definition) is 2. The fourth-order valence-electron chi connectivity index (χ4n) is 2.82. The van der Waals surface area contributed by atoms with E-state index in [1.807, 2.05) is 48.5 Å². The van der Waals surface area contributed by atoms with Crippen molar-refractivity contribution in [3.63, 3.8) is 0 Å². The third kappa shape index (κ3) is 4.09. The van der Waals surface area contributed by atoms with Crippen LogP contribution in [-0.2, 0) is 11.4 Å². The van der Waals surface area contributed by atoms with Crippen LogP contribution in [0.5, 0.6) is 11.5 Å². The smallest absolute Gasteiger partial charge is 0.252 e. The van der Waals surface area contributed by atoms with Crippen LogP contribution in [0.1, 0.15) is 23.5 Å². The molecule has 1 aliphatic rings. The predicted molar refractivity (Wildman–Crippen MR) is 95.4 cm³/mol. The molecule has 25 heavy (non-hydrogen) atoms. The minimum atomic E-state index is -0.270. The first-order valence-electron chi connectivity index (χ1n) is 8.06. The zero-order chi connectivity index (χ0) is 17.8. The normalized spacial score (nSPS) is 18.3. The number of ether oxygens (including phenoxy) is 2. The molecule has 6 heteroatoms. The summed E-state index contributed by atoms with van der Waals surface area (Å²) in [5, 5.41) is 0. The standard InChI is InChI=1S/C19H21N3O3/c1-24-17-9-13(14-10-15(14)18(23)22-19(20)21)7-8-16(17)25-11-12-5-3-2-4-6-12/h2-9,14-15H,10-11H2,1H3,(H4,20,21,22,23). The van der Waals surface area contributed by atoms with Gasteiger partial charge in [0.15, 0.2) is 17.5 Å². The lowest BCUT2D eigenvalue weighted by Gasteiger charge is -2.12. The van der Waals surface area contributed by atoms with E-state index in [9.17, 15) is 4.79 Å². The molecule has 0 heterocycles. The zero-order valence-electron chi connectivity index (χ0n) is 14.0. The molecule has 0 bridgehead atoms. The van der Waals surface area contributed by atoms with Crippen molar-refractivity contribution in [2.24, 2.45) is 22.4 Å². The maximum atomic E-state index is 11.9. The van der Waals surface area contributed by atoms with Crippen molar-refractivity contribution in [2.45, 2.75) is 18.9 Å². The van der Waals surface area contributed by atoms with Crippen molar-refractivity contribution in [3.8, 4) is 11.5 Å². The first kappa shape index (κ1) is 16.8. The van der Waals surface area contributed by atoms with Crippen molar-refractivity contribution in [3.05, 3.63) is 59.7 Å². The van der Waals surface area contributed by atoms with Crippen LogP contribution < -0.4 is 20.9 Å². The van der Waals surface area contributed by atoms with E-state index in [-0.39, 0.29) is 23.7 Å². The number of hydrogen-bond acceptors (Lipinski definition) is 3. The summed E-state index contributed by atoms with van der Waals surface area (Å²) in [6, 6.07) is 15.7. The van der Waals surface area contributed by atoms with E-state index in [2.05, 4.69) is 4.99 Å². The third-order valence-electron chi connectivity index (χ3n) is 4.20. The maximum Gasteiger partial charge on any atom is 0.252 e. The van der Waals surface area contributed by atoms with Crippen LogP contribution in [0.15, 0.2) is 53.5 Å². The van der Waals surface area contributed by atoms with E-state index < -0.39 is 0 Å². The van der Waals surface area contributed by atoms with Gasteiger partial charge in [0, 0.05) is 5.92 Å². The molecular weight excluding hydrogens is 318 g/mol. The molecule has 0 radical (unpaired) electrons. The molecule has 1 aliphatic carbocycles. The average Bonchev–Trinajstić information content (AvgIpc) is 3.41. The number of amides is 1. The predicted octanol–water partition coefficient (Wildman–Crippen LogP) is 2.18. The van der Waals surface area contributed by atoms with Crippen molar-refractivity contribution >= 4 is 11.9 Å². The monoisotopic (exact) mass is 339 g/mol. The van der Waals surface area contributed by atoms with Gasteiger partial charge in [-0.05, 0) is 35.6 Å². The number of guanidine groups is 1. The topological polar surface area (TPSA) is 99.9 Å². The summed E-state index contributed by atoms with van der Waals surface area (Å²) in [6.45, 7) is 0.464. The second-order valence-electron chi connectivity index (χ2n) is 6.01. The van der Waals surface area contributed by atoms with Crippen molar-refractivity contribution in [1.82, 2.24) is 0 Å². The molecular formula is C19H21N3O3. The quantitative estimate of drug-likeness (QED) is 0.620. The largest absolute Gasteiger partial charge is 0.493 e. The Labute approximate surface area is 146 Å². The summed E-state index contributed by atoms with van der Waals surface area (Å²) in [7, 11) is 1.60. The summed E-state index contributed by atoms with van der Waals surface area (Å²) in [5.74, 6) is 0.804. The lowest BCUT2D eigenvalue weighted by atomic mass is 10.1. The van der Waals surface area contributed by atoms with Gasteiger partial charge < -0.3 is 20.9 Å². The Morgan fingerprint density at radius 2 is 1.92 bits per heavy atom. The van der Waals surface area contributed by atoms with Gasteiger partial charge in [0.05, 0.1) is 7.11 Å². The lowest BCUT2D eigenvalue weighted by Crippen LogP contribution is -2.24. The van der Waals surface area contributed by atoms with Crippen molar-refractivity contribution < 1.29 is 14.3 Å². The summed E-state index contributed by atoms with van der Waals surface area (Å²) in [4.78, 5) is 15.5. The number of rotatable bonds is 6. The van der Waals surface area contributed by atoms with Gasteiger partial charge in [-0.25, -0.2) is 0 Å². The highest BCUT2D eigenvalue weighted by Crippen LogP contribution is 2.49. The highest BCUT2D eigenvalue weighted by Gasteiger charge is 2.44. The molecule has 2 atom stereocenters. The van der Waals surface area contributed by atoms with Crippen LogP contribution in [0.2, 0.25) is 0 Å². The van der Waals surface area contributed by atoms with Gasteiger partial charge in [0.2, 0.25) is 0 Å². The molecule has 1 fully saturated rings. The fraction of sp³-hybridized carbons (Fsp3) is 0.263. The number of methoxy groups -OCH3 is 1. The molecule has 1 amide bonds. The highest BCUT2D eigenvalue weighted by molar-refractivity contribution is 5.94. The third-order valence-corrected chi connectivity index (χ3v) is 4.20. The molecule has 130 valence electrons. The molecule has 6 nitrogen and oxygen atoms in total. The minimum Gasteiger partial charge on any atom is -0.493 e. The van der Waals surface area contributed by atoms with Crippen LogP contribution >= 0.6 is 0 Å². The molecule has 4 N–H and O–H groups in total. The van der Waals surface area contributed by atoms with Crippen molar-refractivity contribution in [1.29, 1.82) is 0 Å². The Bertz CT molecular complexity index is 786. The fourth-order valence-corrected chi connectivity index (χ4v) is 2.82. The zero-order valence-corrected chi connectivity index (χ0v) is 14.0. The number of aliphatic imine (C=N–C) groups is 1. The Hall–Kier alpha value is -3.02. The second kappa shape index (κ2) is 7.25. The summed E-state index contributed by atoms with van der Waals surface area (Å²) in [6.07, 6.45) is 0.739. The molecule has 0 aromatic heterocycles. The van der Waals surface area contributed by atoms with Gasteiger partial charge in [-0.1, -0.05) is 36.4 Å². The Balaban J connectivity index is 1.68. The van der Waals surface area contributed by atoms with Gasteiger partial charge in [0.1, 0.15) is 6.61 Å². The molecule has 0 spiro atoms. The van der Waals surface area contributed by atoms with Crippen LogP contribution in [0.4, 0.5) is 0 Å². The molecule has 2 aromatic rings. The van der Waals surface area contributed by atoms with Gasteiger partial charge in [0.25, 0.3) is 5.91 Å². The number of carbonyl (C=O) groups excluding carboxylic acids is 1. The van der Waals surface area contributed by atoms with E-state index in [4.69, 9.17) is 20.9 Å². The van der Waals surface area contributed by atoms with Gasteiger partial charge in [-0.2, -0.15) is 4.99 Å². The Morgan fingerprint density at radius 1 is 1.16 bits per heavy atom. The van der Waals surface area contributed by atoms with Crippen LogP contribution in [-0.4, -0.2) is 19.0 Å². The van der Waals surface area contributed by atoms with E-state index in [0.29, 0.717) is 18.1 Å². The minimum absolute atomic E-state index is 0.118. The van der Waals surface area contributed by atoms with Crippen LogP contribution in [0, 0.1) is 5.92 Å². The molecule has 2 unspecified atom stereocenters. The number of nitrogens with zero attached hydrogens (tertiary/aromatic N) is 1. The molecule has 0 saturated heterocycles. The number of benzene rings is 2. The van der Waals surface area contributed by atoms with E-state index in [1.165, 1.54) is 0 Å². The summed E-state index contributed by atoms with van der Waals surface area (Å²) in [5.41, 5.74) is 12.6.